The van der Waals surface area contributed by atoms with Crippen molar-refractivity contribution in [1.82, 2.24) is 10.2 Å². The van der Waals surface area contributed by atoms with Gasteiger partial charge in [0.15, 0.2) is 0 Å². The lowest BCUT2D eigenvalue weighted by Gasteiger charge is -2.37. The number of rotatable bonds is 4. The smallest absolute Gasteiger partial charge is 0.225 e. The van der Waals surface area contributed by atoms with Crippen LogP contribution in [0.25, 0.3) is 10.1 Å². The number of piperidine rings is 1. The fourth-order valence-electron chi connectivity index (χ4n) is 3.65. The molecule has 0 bridgehead atoms. The average Bonchev–Trinajstić information content (AvgIpc) is 3.34. The van der Waals surface area contributed by atoms with Crippen molar-refractivity contribution in [2.75, 3.05) is 13.1 Å². The van der Waals surface area contributed by atoms with E-state index >= 15 is 0 Å². The summed E-state index contributed by atoms with van der Waals surface area (Å²) in [5.41, 5.74) is 1.40. The number of likely N-dealkylation sites (tertiary alicyclic amines) is 1. The molecular weight excluding hydrogens is 304 g/mol. The van der Waals surface area contributed by atoms with Crippen LogP contribution in [0.2, 0.25) is 0 Å². The first-order valence-electron chi connectivity index (χ1n) is 8.69. The van der Waals surface area contributed by atoms with Crippen LogP contribution < -0.4 is 5.32 Å². The van der Waals surface area contributed by atoms with Crippen LogP contribution in [0.15, 0.2) is 29.6 Å². The van der Waals surface area contributed by atoms with E-state index in [-0.39, 0.29) is 0 Å². The zero-order chi connectivity index (χ0) is 15.8. The predicted octanol–water partition coefficient (Wildman–Crippen LogP) is 3.64. The Labute approximate surface area is 141 Å². The van der Waals surface area contributed by atoms with Gasteiger partial charge in [-0.1, -0.05) is 25.1 Å². The molecule has 2 aliphatic rings. The zero-order valence-corrected chi connectivity index (χ0v) is 14.4. The van der Waals surface area contributed by atoms with Gasteiger partial charge in [0.1, 0.15) is 0 Å². The maximum atomic E-state index is 12.2. The minimum atomic E-state index is 0.351. The molecule has 1 aliphatic heterocycles. The summed E-state index contributed by atoms with van der Waals surface area (Å²) in [4.78, 5) is 14.3. The predicted molar refractivity (Wildman–Crippen MR) is 95.5 cm³/mol. The molecule has 1 saturated carbocycles. The van der Waals surface area contributed by atoms with Crippen molar-refractivity contribution < 1.29 is 4.79 Å². The van der Waals surface area contributed by atoms with E-state index in [4.69, 9.17) is 0 Å². The highest BCUT2D eigenvalue weighted by molar-refractivity contribution is 7.17. The Balaban J connectivity index is 1.35. The minimum absolute atomic E-state index is 0.351. The fourth-order valence-corrected chi connectivity index (χ4v) is 4.61. The third-order valence-electron chi connectivity index (χ3n) is 5.26. The largest absolute Gasteiger partial charge is 0.342 e. The van der Waals surface area contributed by atoms with E-state index in [2.05, 4.69) is 46.8 Å². The molecule has 122 valence electrons. The van der Waals surface area contributed by atoms with Gasteiger partial charge in [-0.15, -0.1) is 11.3 Å². The van der Waals surface area contributed by atoms with Crippen LogP contribution in [0, 0.1) is 11.8 Å². The molecule has 3 nitrogen and oxygen atoms in total. The molecule has 2 aromatic rings. The summed E-state index contributed by atoms with van der Waals surface area (Å²) >= 11 is 1.82. The van der Waals surface area contributed by atoms with Crippen LogP contribution in [0.1, 0.15) is 31.7 Å². The lowest BCUT2D eigenvalue weighted by atomic mass is 9.93. The Kier molecular flexibility index (Phi) is 4.12. The summed E-state index contributed by atoms with van der Waals surface area (Å²) in [7, 11) is 0. The van der Waals surface area contributed by atoms with E-state index in [9.17, 15) is 4.79 Å². The van der Waals surface area contributed by atoms with E-state index in [1.807, 2.05) is 11.3 Å². The molecule has 0 spiro atoms. The van der Waals surface area contributed by atoms with Gasteiger partial charge < -0.3 is 10.2 Å². The summed E-state index contributed by atoms with van der Waals surface area (Å²) in [6, 6.07) is 9.13. The Morgan fingerprint density at radius 3 is 2.91 bits per heavy atom. The Morgan fingerprint density at radius 2 is 2.13 bits per heavy atom. The minimum Gasteiger partial charge on any atom is -0.342 e. The van der Waals surface area contributed by atoms with Crippen molar-refractivity contribution in [1.29, 1.82) is 0 Å². The maximum Gasteiger partial charge on any atom is 0.225 e. The normalized spacial score (nSPS) is 25.0. The third-order valence-corrected chi connectivity index (χ3v) is 6.27. The molecule has 0 radical (unpaired) electrons. The molecule has 2 atom stereocenters. The quantitative estimate of drug-likeness (QED) is 0.929. The Morgan fingerprint density at radius 1 is 1.30 bits per heavy atom. The number of amides is 1. The summed E-state index contributed by atoms with van der Waals surface area (Å²) in [5.74, 6) is 1.28. The number of carbonyl (C=O) groups is 1. The summed E-state index contributed by atoms with van der Waals surface area (Å²) in [6.45, 7) is 5.03. The van der Waals surface area contributed by atoms with Crippen LogP contribution in [-0.2, 0) is 11.3 Å². The molecule has 4 heteroatoms. The van der Waals surface area contributed by atoms with Crippen molar-refractivity contribution in [2.24, 2.45) is 11.8 Å². The molecule has 1 amide bonds. The van der Waals surface area contributed by atoms with E-state index in [1.54, 1.807) is 0 Å². The van der Waals surface area contributed by atoms with Gasteiger partial charge in [-0.2, -0.15) is 0 Å². The molecule has 2 fully saturated rings. The standard InChI is InChI=1S/C19H24N2OS/c1-13-11-21(19(22)14-6-7-14)9-8-17(13)20-10-15-12-23-18-5-3-2-4-16(15)18/h2-5,12-14,17,20H,6-11H2,1H3/t13-,17+/m1/s1. The van der Waals surface area contributed by atoms with Crippen LogP contribution >= 0.6 is 11.3 Å². The van der Waals surface area contributed by atoms with Crippen LogP contribution in [0.3, 0.4) is 0 Å². The number of fused-ring (bicyclic) bond motifs is 1. The second-order valence-electron chi connectivity index (χ2n) is 7.07. The van der Waals surface area contributed by atoms with Crippen LogP contribution in [0.5, 0.6) is 0 Å². The molecule has 23 heavy (non-hydrogen) atoms. The summed E-state index contributed by atoms with van der Waals surface area (Å²) in [6.07, 6.45) is 3.29. The molecule has 1 aromatic carbocycles. The number of carbonyl (C=O) groups excluding carboxylic acids is 1. The van der Waals surface area contributed by atoms with Crippen LogP contribution in [0.4, 0.5) is 0 Å². The number of hydrogen-bond acceptors (Lipinski definition) is 3. The molecule has 1 saturated heterocycles. The van der Waals surface area contributed by atoms with Crippen molar-refractivity contribution in [3.8, 4) is 0 Å². The van der Waals surface area contributed by atoms with Crippen LogP contribution in [-0.4, -0.2) is 29.9 Å². The van der Waals surface area contributed by atoms with E-state index in [0.717, 1.165) is 38.9 Å². The van der Waals surface area contributed by atoms with Crippen molar-refractivity contribution in [2.45, 2.75) is 38.8 Å². The Hall–Kier alpha value is -1.39. The third kappa shape index (κ3) is 3.15. The Bertz CT molecular complexity index is 706. The molecule has 4 rings (SSSR count). The van der Waals surface area contributed by atoms with Gasteiger partial charge in [-0.05, 0) is 47.6 Å². The van der Waals surface area contributed by atoms with Crippen molar-refractivity contribution in [3.63, 3.8) is 0 Å². The molecule has 1 aliphatic carbocycles. The van der Waals surface area contributed by atoms with Crippen molar-refractivity contribution in [3.05, 3.63) is 35.2 Å². The fraction of sp³-hybridized carbons (Fsp3) is 0.526. The van der Waals surface area contributed by atoms with E-state index in [0.29, 0.717) is 23.8 Å². The monoisotopic (exact) mass is 328 g/mol. The number of thiophene rings is 1. The van der Waals surface area contributed by atoms with Gasteiger partial charge in [0.25, 0.3) is 0 Å². The SMILES string of the molecule is C[C@@H]1CN(C(=O)C2CC2)CC[C@@H]1NCc1csc2ccccc12. The number of hydrogen-bond donors (Lipinski definition) is 1. The summed E-state index contributed by atoms with van der Waals surface area (Å²) < 4.78 is 1.36. The highest BCUT2D eigenvalue weighted by Gasteiger charge is 2.36. The second-order valence-corrected chi connectivity index (χ2v) is 7.98. The first-order chi connectivity index (χ1) is 11.2. The molecule has 0 unspecified atom stereocenters. The van der Waals surface area contributed by atoms with E-state index in [1.165, 1.54) is 15.6 Å². The topological polar surface area (TPSA) is 32.3 Å². The highest BCUT2D eigenvalue weighted by Crippen LogP contribution is 2.32. The highest BCUT2D eigenvalue weighted by atomic mass is 32.1. The lowest BCUT2D eigenvalue weighted by Crippen LogP contribution is -2.50. The zero-order valence-electron chi connectivity index (χ0n) is 13.6. The molecule has 1 aromatic heterocycles. The van der Waals surface area contributed by atoms with E-state index < -0.39 is 0 Å². The lowest BCUT2D eigenvalue weighted by molar-refractivity contribution is -0.134. The van der Waals surface area contributed by atoms with Gasteiger partial charge in [-0.25, -0.2) is 0 Å². The second kappa shape index (κ2) is 6.25. The summed E-state index contributed by atoms with van der Waals surface area (Å²) in [5, 5.41) is 7.38. The number of nitrogens with one attached hydrogen (secondary N) is 1. The number of benzene rings is 1. The average molecular weight is 328 g/mol. The van der Waals surface area contributed by atoms with Crippen molar-refractivity contribution >= 4 is 27.3 Å². The van der Waals surface area contributed by atoms with Gasteiger partial charge >= 0.3 is 0 Å². The first-order valence-corrected chi connectivity index (χ1v) is 9.57. The first kappa shape index (κ1) is 15.2. The molecule has 1 N–H and O–H groups in total. The van der Waals surface area contributed by atoms with Gasteiger partial charge in [-0.3, -0.25) is 4.79 Å². The molecular formula is C19H24N2OS. The van der Waals surface area contributed by atoms with Gasteiger partial charge in [0.2, 0.25) is 5.91 Å². The molecule has 2 heterocycles. The maximum absolute atomic E-state index is 12.2. The number of nitrogens with zero attached hydrogens (tertiary/aromatic N) is 1. The van der Waals surface area contributed by atoms with Gasteiger partial charge in [0, 0.05) is 36.3 Å². The van der Waals surface area contributed by atoms with Gasteiger partial charge in [0.05, 0.1) is 0 Å².